The monoisotopic (exact) mass is 456 g/mol. The number of hydrogen-bond acceptors (Lipinski definition) is 4. The summed E-state index contributed by atoms with van der Waals surface area (Å²) in [4.78, 5) is 25.7. The van der Waals surface area contributed by atoms with Crippen LogP contribution in [0.3, 0.4) is 0 Å². The quantitative estimate of drug-likeness (QED) is 0.525. The number of ether oxygens (including phenoxy) is 1. The van der Waals surface area contributed by atoms with Gasteiger partial charge in [-0.25, -0.2) is 0 Å². The van der Waals surface area contributed by atoms with Crippen LogP contribution in [0.2, 0.25) is 0 Å². The molecule has 0 fully saturated rings. The lowest BCUT2D eigenvalue weighted by Crippen LogP contribution is -2.50. The second-order valence-corrected chi connectivity index (χ2v) is 8.52. The van der Waals surface area contributed by atoms with Crippen molar-refractivity contribution < 1.29 is 14.6 Å². The molecule has 3 N–H and O–H groups in total. The van der Waals surface area contributed by atoms with Crippen LogP contribution < -0.4 is 5.56 Å². The van der Waals surface area contributed by atoms with Crippen molar-refractivity contribution in [1.29, 1.82) is 0 Å². The topological polar surface area (TPSA) is 95.2 Å². The minimum absolute atomic E-state index is 0.105. The number of rotatable bonds is 4. The summed E-state index contributed by atoms with van der Waals surface area (Å²) < 4.78 is 6.41. The molecule has 4 rings (SSSR count). The molecule has 1 aliphatic rings. The highest BCUT2D eigenvalue weighted by molar-refractivity contribution is 9.10. The van der Waals surface area contributed by atoms with Crippen molar-refractivity contribution in [3.8, 4) is 0 Å². The van der Waals surface area contributed by atoms with Crippen LogP contribution in [0.1, 0.15) is 35.2 Å². The average molecular weight is 457 g/mol. The van der Waals surface area contributed by atoms with Crippen molar-refractivity contribution in [3.05, 3.63) is 91.8 Å². The van der Waals surface area contributed by atoms with Crippen LogP contribution >= 0.6 is 15.9 Å². The minimum atomic E-state index is -1.39. The standard InChI is InChI=1S/C22H21BrN2O4/c1-22(28)11-16-18(20(26)25-24-16)17(14-8-5-9-15(23)10-14)19(22)21(27)29-12-13-6-3-2-4-7-13/h2-10,17,19,28H,11-12H2,1H3,(H2,24,25,26). The van der Waals surface area contributed by atoms with Gasteiger partial charge in [0, 0.05) is 28.1 Å². The maximum atomic E-state index is 13.2. The fourth-order valence-corrected chi connectivity index (χ4v) is 4.55. The van der Waals surface area contributed by atoms with Gasteiger partial charge in [-0.15, -0.1) is 0 Å². The third-order valence-electron chi connectivity index (χ3n) is 5.43. The second-order valence-electron chi connectivity index (χ2n) is 7.61. The number of nitrogens with one attached hydrogen (secondary N) is 2. The van der Waals surface area contributed by atoms with Crippen LogP contribution in [0.15, 0.2) is 63.9 Å². The van der Waals surface area contributed by atoms with Crippen LogP contribution in [-0.4, -0.2) is 26.9 Å². The first-order valence-corrected chi connectivity index (χ1v) is 10.1. The number of fused-ring (bicyclic) bond motifs is 1. The van der Waals surface area contributed by atoms with E-state index in [2.05, 4.69) is 26.1 Å². The van der Waals surface area contributed by atoms with Crippen LogP contribution in [0.4, 0.5) is 0 Å². The van der Waals surface area contributed by atoms with Gasteiger partial charge in [0.2, 0.25) is 0 Å². The Hall–Kier alpha value is -2.64. The Morgan fingerprint density at radius 1 is 1.21 bits per heavy atom. The minimum Gasteiger partial charge on any atom is -0.460 e. The molecule has 3 aromatic rings. The highest BCUT2D eigenvalue weighted by Gasteiger charge is 2.51. The average Bonchev–Trinajstić information content (AvgIpc) is 3.05. The number of H-pyrrole nitrogens is 2. The van der Waals surface area contributed by atoms with Crippen LogP contribution in [0.25, 0.3) is 0 Å². The number of aliphatic hydroxyl groups is 1. The van der Waals surface area contributed by atoms with Crippen LogP contribution in [-0.2, 0) is 22.6 Å². The van der Waals surface area contributed by atoms with E-state index in [0.717, 1.165) is 15.6 Å². The van der Waals surface area contributed by atoms with Gasteiger partial charge in [0.15, 0.2) is 0 Å². The molecule has 0 saturated carbocycles. The molecule has 0 amide bonds. The molecule has 29 heavy (non-hydrogen) atoms. The fourth-order valence-electron chi connectivity index (χ4n) is 4.13. The van der Waals surface area contributed by atoms with E-state index in [1.54, 1.807) is 6.92 Å². The van der Waals surface area contributed by atoms with Crippen molar-refractivity contribution >= 4 is 21.9 Å². The molecular weight excluding hydrogens is 436 g/mol. The molecule has 7 heteroatoms. The van der Waals surface area contributed by atoms with Crippen molar-refractivity contribution in [1.82, 2.24) is 10.2 Å². The third kappa shape index (κ3) is 3.80. The summed E-state index contributed by atoms with van der Waals surface area (Å²) in [5.74, 6) is -2.09. The highest BCUT2D eigenvalue weighted by atomic mass is 79.9. The Bertz CT molecular complexity index is 1090. The molecule has 1 aliphatic carbocycles. The molecule has 0 spiro atoms. The molecule has 0 radical (unpaired) electrons. The van der Waals surface area contributed by atoms with E-state index >= 15 is 0 Å². The molecule has 1 heterocycles. The predicted molar refractivity (Wildman–Crippen MR) is 111 cm³/mol. The predicted octanol–water partition coefficient (Wildman–Crippen LogP) is 3.26. The van der Waals surface area contributed by atoms with E-state index in [1.807, 2.05) is 54.6 Å². The molecule has 150 valence electrons. The molecule has 6 nitrogen and oxygen atoms in total. The zero-order valence-electron chi connectivity index (χ0n) is 15.8. The lowest BCUT2D eigenvalue weighted by atomic mass is 9.66. The van der Waals surface area contributed by atoms with E-state index in [0.29, 0.717) is 11.3 Å². The van der Waals surface area contributed by atoms with E-state index < -0.39 is 23.4 Å². The first-order valence-electron chi connectivity index (χ1n) is 9.34. The number of halogens is 1. The Morgan fingerprint density at radius 3 is 2.69 bits per heavy atom. The van der Waals surface area contributed by atoms with Crippen LogP contribution in [0, 0.1) is 5.92 Å². The SMILES string of the molecule is CC1(O)Cc2[nH][nH]c(=O)c2C(c2cccc(Br)c2)C1C(=O)OCc1ccccc1. The van der Waals surface area contributed by atoms with Gasteiger partial charge in [-0.05, 0) is 30.2 Å². The molecule has 0 bridgehead atoms. The van der Waals surface area contributed by atoms with Gasteiger partial charge in [0.05, 0.1) is 11.5 Å². The number of carbonyl (C=O) groups is 1. The van der Waals surface area contributed by atoms with Gasteiger partial charge in [0.1, 0.15) is 6.61 Å². The van der Waals surface area contributed by atoms with Crippen LogP contribution in [0.5, 0.6) is 0 Å². The van der Waals surface area contributed by atoms with Gasteiger partial charge in [0.25, 0.3) is 5.56 Å². The number of hydrogen-bond donors (Lipinski definition) is 3. The number of benzene rings is 2. The van der Waals surface area contributed by atoms with E-state index in [9.17, 15) is 14.7 Å². The van der Waals surface area contributed by atoms with E-state index in [1.165, 1.54) is 0 Å². The van der Waals surface area contributed by atoms with Crippen molar-refractivity contribution in [2.45, 2.75) is 31.5 Å². The Morgan fingerprint density at radius 2 is 1.97 bits per heavy atom. The van der Waals surface area contributed by atoms with Crippen molar-refractivity contribution in [2.75, 3.05) is 0 Å². The Balaban J connectivity index is 1.75. The highest BCUT2D eigenvalue weighted by Crippen LogP contribution is 2.45. The summed E-state index contributed by atoms with van der Waals surface area (Å²) >= 11 is 3.45. The summed E-state index contributed by atoms with van der Waals surface area (Å²) in [6.45, 7) is 1.72. The number of aromatic amines is 2. The normalized spacial score (nSPS) is 23.4. The van der Waals surface area contributed by atoms with Gasteiger partial charge >= 0.3 is 5.97 Å². The second kappa shape index (κ2) is 7.65. The lowest BCUT2D eigenvalue weighted by molar-refractivity contribution is -0.161. The van der Waals surface area contributed by atoms with Gasteiger partial charge < -0.3 is 14.9 Å². The zero-order chi connectivity index (χ0) is 20.6. The summed E-state index contributed by atoms with van der Waals surface area (Å²) in [6, 6.07) is 16.8. The summed E-state index contributed by atoms with van der Waals surface area (Å²) in [6.07, 6.45) is 0.149. The summed E-state index contributed by atoms with van der Waals surface area (Å²) in [5, 5.41) is 16.7. The number of carbonyl (C=O) groups excluding carboxylic acids is 1. The van der Waals surface area contributed by atoms with Gasteiger partial charge in [-0.2, -0.15) is 0 Å². The maximum absolute atomic E-state index is 13.2. The van der Waals surface area contributed by atoms with Gasteiger partial charge in [-0.3, -0.25) is 14.7 Å². The molecule has 1 aromatic heterocycles. The lowest BCUT2D eigenvalue weighted by Gasteiger charge is -2.40. The van der Waals surface area contributed by atoms with E-state index in [4.69, 9.17) is 4.74 Å². The third-order valence-corrected chi connectivity index (χ3v) is 5.92. The molecule has 3 atom stereocenters. The van der Waals surface area contributed by atoms with E-state index in [-0.39, 0.29) is 18.6 Å². The maximum Gasteiger partial charge on any atom is 0.313 e. The largest absolute Gasteiger partial charge is 0.460 e. The first kappa shape index (κ1) is 19.7. The van der Waals surface area contributed by atoms with Crippen molar-refractivity contribution in [3.63, 3.8) is 0 Å². The Labute approximate surface area is 176 Å². The number of esters is 1. The molecule has 3 unspecified atom stereocenters. The van der Waals surface area contributed by atoms with Crippen molar-refractivity contribution in [2.24, 2.45) is 5.92 Å². The smallest absolute Gasteiger partial charge is 0.313 e. The molecule has 2 aromatic carbocycles. The van der Waals surface area contributed by atoms with Gasteiger partial charge in [-0.1, -0.05) is 58.4 Å². The summed E-state index contributed by atoms with van der Waals surface area (Å²) in [7, 11) is 0. The fraction of sp³-hybridized carbons (Fsp3) is 0.273. The molecule has 0 aliphatic heterocycles. The number of aromatic nitrogens is 2. The molecule has 0 saturated heterocycles. The first-order chi connectivity index (χ1) is 13.9. The Kier molecular flexibility index (Phi) is 5.19. The molecular formula is C22H21BrN2O4. The summed E-state index contributed by atoms with van der Waals surface area (Å²) in [5.41, 5.74) is 1.01. The zero-order valence-corrected chi connectivity index (χ0v) is 17.4.